The molecule has 2 aromatic rings. The maximum absolute atomic E-state index is 13.3. The van der Waals surface area contributed by atoms with Crippen LogP contribution in [0.5, 0.6) is 0 Å². The number of H-pyrrole nitrogens is 1. The van der Waals surface area contributed by atoms with E-state index in [1.54, 1.807) is 4.72 Å². The molecule has 0 aliphatic heterocycles. The van der Waals surface area contributed by atoms with Gasteiger partial charge in [-0.25, -0.2) is 21.6 Å². The Balaban J connectivity index is 2.40. The number of benzene rings is 1. The third kappa shape index (κ3) is 2.82. The molecule has 0 saturated heterocycles. The minimum Gasteiger partial charge on any atom is -0.328 e. The minimum absolute atomic E-state index is 0.222. The van der Waals surface area contributed by atoms with Crippen LogP contribution in [0.3, 0.4) is 0 Å². The van der Waals surface area contributed by atoms with Gasteiger partial charge in [0.2, 0.25) is 5.56 Å². The van der Waals surface area contributed by atoms with Crippen LogP contribution >= 0.6 is 0 Å². The highest BCUT2D eigenvalue weighted by atomic mass is 32.2. The number of rotatable bonds is 3. The molecule has 2 rings (SSSR count). The molecule has 2 N–H and O–H groups in total. The summed E-state index contributed by atoms with van der Waals surface area (Å²) in [6, 6.07) is 2.54. The summed E-state index contributed by atoms with van der Waals surface area (Å²) < 4.78 is 64.5. The molecule has 1 aromatic carbocycles. The highest BCUT2D eigenvalue weighted by Gasteiger charge is 2.18. The van der Waals surface area contributed by atoms with Crippen LogP contribution in [0.2, 0.25) is 0 Å². The lowest BCUT2D eigenvalue weighted by Gasteiger charge is -2.09. The molecule has 0 aliphatic carbocycles. The van der Waals surface area contributed by atoms with E-state index in [1.807, 2.05) is 0 Å². The SMILES string of the molecule is O=c1ccc(S(=O)(=O)Nc2cc(F)c(F)cc2F)c[nH]1. The van der Waals surface area contributed by atoms with E-state index in [-0.39, 0.29) is 11.0 Å². The smallest absolute Gasteiger partial charge is 0.263 e. The maximum Gasteiger partial charge on any atom is 0.263 e. The molecule has 0 unspecified atom stereocenters. The van der Waals surface area contributed by atoms with Gasteiger partial charge in [-0.1, -0.05) is 0 Å². The molecular formula is C11H7F3N2O3S. The topological polar surface area (TPSA) is 79.0 Å². The molecule has 0 fully saturated rings. The van der Waals surface area contributed by atoms with Gasteiger partial charge in [0, 0.05) is 24.4 Å². The van der Waals surface area contributed by atoms with Crippen molar-refractivity contribution in [1.29, 1.82) is 0 Å². The lowest BCUT2D eigenvalue weighted by Crippen LogP contribution is -2.16. The Morgan fingerprint density at radius 1 is 1.00 bits per heavy atom. The molecule has 0 amide bonds. The fourth-order valence-electron chi connectivity index (χ4n) is 1.37. The Morgan fingerprint density at radius 2 is 1.65 bits per heavy atom. The molecule has 0 bridgehead atoms. The number of nitrogens with one attached hydrogen (secondary N) is 2. The highest BCUT2D eigenvalue weighted by Crippen LogP contribution is 2.21. The van der Waals surface area contributed by atoms with Crippen molar-refractivity contribution in [3.8, 4) is 0 Å². The van der Waals surface area contributed by atoms with Crippen molar-refractivity contribution in [1.82, 2.24) is 4.98 Å². The number of pyridine rings is 1. The molecule has 0 radical (unpaired) electrons. The predicted molar refractivity (Wildman–Crippen MR) is 64.2 cm³/mol. The van der Waals surface area contributed by atoms with Crippen LogP contribution in [0.15, 0.2) is 40.2 Å². The van der Waals surface area contributed by atoms with Crippen LogP contribution in [-0.4, -0.2) is 13.4 Å². The largest absolute Gasteiger partial charge is 0.328 e. The number of sulfonamides is 1. The fourth-order valence-corrected chi connectivity index (χ4v) is 2.39. The van der Waals surface area contributed by atoms with E-state index < -0.39 is 38.7 Å². The van der Waals surface area contributed by atoms with Crippen molar-refractivity contribution >= 4 is 15.7 Å². The van der Waals surface area contributed by atoms with Gasteiger partial charge in [0.1, 0.15) is 10.7 Å². The Kier molecular flexibility index (Phi) is 3.53. The molecule has 0 spiro atoms. The second-order valence-corrected chi connectivity index (χ2v) is 5.42. The van der Waals surface area contributed by atoms with Crippen molar-refractivity contribution in [2.24, 2.45) is 0 Å². The molecule has 20 heavy (non-hydrogen) atoms. The Labute approximate surface area is 111 Å². The first kappa shape index (κ1) is 14.1. The lowest BCUT2D eigenvalue weighted by molar-refractivity contribution is 0.496. The van der Waals surface area contributed by atoms with E-state index in [2.05, 4.69) is 4.98 Å². The number of hydrogen-bond acceptors (Lipinski definition) is 3. The average molecular weight is 304 g/mol. The number of hydrogen-bond donors (Lipinski definition) is 2. The Morgan fingerprint density at radius 3 is 2.25 bits per heavy atom. The molecule has 0 atom stereocenters. The highest BCUT2D eigenvalue weighted by molar-refractivity contribution is 7.92. The van der Waals surface area contributed by atoms with Gasteiger partial charge < -0.3 is 4.98 Å². The van der Waals surface area contributed by atoms with E-state index >= 15 is 0 Å². The van der Waals surface area contributed by atoms with E-state index in [1.165, 1.54) is 0 Å². The first-order valence-electron chi connectivity index (χ1n) is 5.16. The summed E-state index contributed by atoms with van der Waals surface area (Å²) in [5, 5.41) is 0. The summed E-state index contributed by atoms with van der Waals surface area (Å²) in [4.78, 5) is 12.6. The van der Waals surface area contributed by atoms with E-state index in [9.17, 15) is 26.4 Å². The van der Waals surface area contributed by atoms with Crippen molar-refractivity contribution in [2.45, 2.75) is 4.90 Å². The number of halogens is 3. The quantitative estimate of drug-likeness (QED) is 0.845. The summed E-state index contributed by atoms with van der Waals surface area (Å²) in [5.41, 5.74) is -1.27. The monoisotopic (exact) mass is 304 g/mol. The molecule has 1 aromatic heterocycles. The van der Waals surface area contributed by atoms with Crippen molar-refractivity contribution in [3.05, 3.63) is 58.3 Å². The number of aromatic nitrogens is 1. The summed E-state index contributed by atoms with van der Waals surface area (Å²) in [5.74, 6) is -4.10. The molecule has 9 heteroatoms. The van der Waals surface area contributed by atoms with E-state index in [0.717, 1.165) is 18.3 Å². The molecular weight excluding hydrogens is 297 g/mol. The zero-order valence-electron chi connectivity index (χ0n) is 9.65. The van der Waals surface area contributed by atoms with Crippen molar-refractivity contribution in [2.75, 3.05) is 4.72 Å². The van der Waals surface area contributed by atoms with Crippen LogP contribution in [0, 0.1) is 17.5 Å². The van der Waals surface area contributed by atoms with Crippen molar-refractivity contribution in [3.63, 3.8) is 0 Å². The standard InChI is InChI=1S/C11H7F3N2O3S/c12-7-3-9(14)10(4-8(7)13)16-20(18,19)6-1-2-11(17)15-5-6/h1-5,16H,(H,15,17). The predicted octanol–water partition coefficient (Wildman–Crippen LogP) is 1.59. The second kappa shape index (κ2) is 5.00. The van der Waals surface area contributed by atoms with Crippen LogP contribution in [-0.2, 0) is 10.0 Å². The molecule has 0 saturated carbocycles. The maximum atomic E-state index is 13.3. The second-order valence-electron chi connectivity index (χ2n) is 3.74. The minimum atomic E-state index is -4.23. The number of anilines is 1. The van der Waals surface area contributed by atoms with Gasteiger partial charge >= 0.3 is 0 Å². The summed E-state index contributed by atoms with van der Waals surface area (Å²) >= 11 is 0. The Hall–Kier alpha value is -2.29. The van der Waals surface area contributed by atoms with Gasteiger partial charge in [0.25, 0.3) is 10.0 Å². The molecule has 1 heterocycles. The van der Waals surface area contributed by atoms with Gasteiger partial charge in [-0.3, -0.25) is 9.52 Å². The number of aromatic amines is 1. The zero-order chi connectivity index (χ0) is 14.9. The van der Waals surface area contributed by atoms with Crippen LogP contribution in [0.4, 0.5) is 18.9 Å². The van der Waals surface area contributed by atoms with E-state index in [0.29, 0.717) is 6.07 Å². The molecule has 0 aliphatic rings. The normalized spacial score (nSPS) is 11.3. The van der Waals surface area contributed by atoms with Gasteiger partial charge in [-0.15, -0.1) is 0 Å². The van der Waals surface area contributed by atoms with E-state index in [4.69, 9.17) is 0 Å². The zero-order valence-corrected chi connectivity index (χ0v) is 10.5. The third-order valence-electron chi connectivity index (χ3n) is 2.32. The van der Waals surface area contributed by atoms with Crippen molar-refractivity contribution < 1.29 is 21.6 Å². The average Bonchev–Trinajstić information content (AvgIpc) is 2.36. The lowest BCUT2D eigenvalue weighted by atomic mass is 10.3. The summed E-state index contributed by atoms with van der Waals surface area (Å²) in [7, 11) is -4.23. The first-order valence-corrected chi connectivity index (χ1v) is 6.64. The van der Waals surface area contributed by atoms with Gasteiger partial charge in [0.05, 0.1) is 5.69 Å². The molecule has 5 nitrogen and oxygen atoms in total. The summed E-state index contributed by atoms with van der Waals surface area (Å²) in [6.45, 7) is 0. The third-order valence-corrected chi connectivity index (χ3v) is 3.68. The van der Waals surface area contributed by atoms with Crippen LogP contribution < -0.4 is 10.3 Å². The van der Waals surface area contributed by atoms with Gasteiger partial charge in [0.15, 0.2) is 11.6 Å². The fraction of sp³-hybridized carbons (Fsp3) is 0. The van der Waals surface area contributed by atoms with Crippen LogP contribution in [0.25, 0.3) is 0 Å². The van der Waals surface area contributed by atoms with Gasteiger partial charge in [-0.2, -0.15) is 0 Å². The summed E-state index contributed by atoms with van der Waals surface area (Å²) in [6.07, 6.45) is 0.891. The Bertz CT molecular complexity index is 798. The van der Waals surface area contributed by atoms with Gasteiger partial charge in [-0.05, 0) is 6.07 Å². The first-order chi connectivity index (χ1) is 9.29. The molecule has 106 valence electrons. The van der Waals surface area contributed by atoms with Crippen LogP contribution in [0.1, 0.15) is 0 Å².